The van der Waals surface area contributed by atoms with Crippen molar-refractivity contribution in [1.29, 1.82) is 0 Å². The van der Waals surface area contributed by atoms with Gasteiger partial charge < -0.3 is 19.5 Å². The third-order valence-electron chi connectivity index (χ3n) is 5.17. The number of rotatable bonds is 9. The molecule has 2 aromatic heterocycles. The summed E-state index contributed by atoms with van der Waals surface area (Å²) in [6.45, 7) is 9.88. The summed E-state index contributed by atoms with van der Waals surface area (Å²) in [5, 5.41) is 22.8. The summed E-state index contributed by atoms with van der Waals surface area (Å²) in [6.07, 6.45) is 2.93. The van der Waals surface area contributed by atoms with Crippen LogP contribution < -0.4 is 4.74 Å². The summed E-state index contributed by atoms with van der Waals surface area (Å²) in [7, 11) is 0. The number of hydrogen-bond donors (Lipinski definition) is 2. The van der Waals surface area contributed by atoms with Crippen molar-refractivity contribution < 1.29 is 19.5 Å². The monoisotopic (exact) mass is 425 g/mol. The van der Waals surface area contributed by atoms with E-state index in [0.717, 1.165) is 35.1 Å². The Balaban J connectivity index is 1.90. The number of aryl methyl sites for hydroxylation is 3. The highest BCUT2D eigenvalue weighted by Gasteiger charge is 2.18. The van der Waals surface area contributed by atoms with Gasteiger partial charge in [-0.05, 0) is 73.1 Å². The second kappa shape index (κ2) is 10.0. The maximum absolute atomic E-state index is 9.34. The maximum atomic E-state index is 9.34. The number of aliphatic hydroxyl groups excluding tert-OH is 2. The van der Waals surface area contributed by atoms with E-state index in [9.17, 15) is 10.2 Å². The summed E-state index contributed by atoms with van der Waals surface area (Å²) < 4.78 is 11.3. The lowest BCUT2D eigenvalue weighted by Gasteiger charge is -2.19. The molecule has 0 saturated heterocycles. The number of benzene rings is 1. The van der Waals surface area contributed by atoms with Crippen LogP contribution in [0.3, 0.4) is 0 Å². The third-order valence-corrected chi connectivity index (χ3v) is 5.17. The molecule has 0 bridgehead atoms. The molecule has 0 aliphatic rings. The van der Waals surface area contributed by atoms with Gasteiger partial charge in [0.2, 0.25) is 5.82 Å². The molecule has 0 aliphatic heterocycles. The molecule has 3 rings (SSSR count). The van der Waals surface area contributed by atoms with E-state index in [1.54, 1.807) is 0 Å². The Morgan fingerprint density at radius 3 is 2.39 bits per heavy atom. The van der Waals surface area contributed by atoms with Gasteiger partial charge in [-0.1, -0.05) is 25.9 Å². The van der Waals surface area contributed by atoms with Crippen LogP contribution in [0.1, 0.15) is 43.0 Å². The van der Waals surface area contributed by atoms with E-state index in [-0.39, 0.29) is 13.2 Å². The van der Waals surface area contributed by atoms with Gasteiger partial charge in [0.1, 0.15) is 17.5 Å². The van der Waals surface area contributed by atoms with Gasteiger partial charge in [0.15, 0.2) is 0 Å². The average Bonchev–Trinajstić information content (AvgIpc) is 3.24. The summed E-state index contributed by atoms with van der Waals surface area (Å²) in [5.41, 5.74) is 5.67. The van der Waals surface area contributed by atoms with E-state index in [1.807, 2.05) is 38.2 Å². The quantitative estimate of drug-likeness (QED) is 0.536. The zero-order valence-electron chi connectivity index (χ0n) is 18.8. The Kier molecular flexibility index (Phi) is 7.41. The third kappa shape index (κ3) is 5.29. The van der Waals surface area contributed by atoms with Crippen molar-refractivity contribution in [2.75, 3.05) is 13.2 Å². The molecule has 7 heteroatoms. The fraction of sp³-hybridized carbons (Fsp3) is 0.458. The summed E-state index contributed by atoms with van der Waals surface area (Å²) in [4.78, 5) is 9.08. The minimum atomic E-state index is -0.653. The van der Waals surface area contributed by atoms with Crippen molar-refractivity contribution in [1.82, 2.24) is 15.1 Å². The fourth-order valence-corrected chi connectivity index (χ4v) is 3.51. The minimum absolute atomic E-state index is 0.253. The Labute approximate surface area is 183 Å². The lowest BCUT2D eigenvalue weighted by Crippen LogP contribution is -2.26. The van der Waals surface area contributed by atoms with Gasteiger partial charge in [0.05, 0.1) is 13.2 Å². The van der Waals surface area contributed by atoms with E-state index in [2.05, 4.69) is 35.9 Å². The van der Waals surface area contributed by atoms with Crippen molar-refractivity contribution in [3.63, 3.8) is 0 Å². The summed E-state index contributed by atoms with van der Waals surface area (Å²) >= 11 is 0. The molecule has 166 valence electrons. The topological polar surface area (TPSA) is 102 Å². The molecule has 0 spiro atoms. The molecule has 0 amide bonds. The molecule has 7 nitrogen and oxygen atoms in total. The largest absolute Gasteiger partial charge is 0.485 e. The van der Waals surface area contributed by atoms with Crippen molar-refractivity contribution in [3.8, 4) is 28.7 Å². The molecule has 0 fully saturated rings. The smallest absolute Gasteiger partial charge is 0.276 e. The predicted molar refractivity (Wildman–Crippen MR) is 119 cm³/mol. The number of aliphatic hydroxyl groups is 2. The molecule has 0 radical (unpaired) electrons. The molecule has 2 heterocycles. The molecule has 0 saturated carbocycles. The van der Waals surface area contributed by atoms with Crippen LogP contribution in [0.2, 0.25) is 0 Å². The van der Waals surface area contributed by atoms with Gasteiger partial charge in [-0.3, -0.25) is 4.98 Å². The molecule has 2 N–H and O–H groups in total. The first-order valence-electron chi connectivity index (χ1n) is 10.7. The van der Waals surface area contributed by atoms with Crippen molar-refractivity contribution >= 4 is 0 Å². The second-order valence-electron chi connectivity index (χ2n) is 8.26. The molecule has 31 heavy (non-hydrogen) atoms. The van der Waals surface area contributed by atoms with Crippen molar-refractivity contribution in [3.05, 3.63) is 46.6 Å². The molecule has 0 atom stereocenters. The number of pyridine rings is 1. The number of hydrogen-bond acceptors (Lipinski definition) is 7. The Hall–Kier alpha value is -2.77. The lowest BCUT2D eigenvalue weighted by atomic mass is 10.0. The number of nitrogens with zero attached hydrogens (tertiary/aromatic N) is 3. The summed E-state index contributed by atoms with van der Waals surface area (Å²) in [5.74, 6) is 2.09. The summed E-state index contributed by atoms with van der Waals surface area (Å²) in [6, 6.07) is 5.85. The number of ether oxygens (including phenoxy) is 1. The van der Waals surface area contributed by atoms with Crippen LogP contribution in [-0.4, -0.2) is 44.7 Å². The van der Waals surface area contributed by atoms with Crippen LogP contribution in [0.5, 0.6) is 5.75 Å². The highest BCUT2D eigenvalue weighted by molar-refractivity contribution is 5.63. The van der Waals surface area contributed by atoms with Crippen LogP contribution in [0.25, 0.3) is 23.0 Å². The standard InChI is InChI=1S/C24H31N3O4/c1-6-17-10-18(8-16(5)22(17)30-20(12-28)13-29)23-26-24(31-27-23)21-9-15(4)19(11-25-21)7-14(2)3/h8-11,14,20,28-29H,6-7,12-13H2,1-5H3. The Morgan fingerprint density at radius 2 is 1.77 bits per heavy atom. The van der Waals surface area contributed by atoms with Gasteiger partial charge in [-0.25, -0.2) is 0 Å². The molecule has 0 unspecified atom stereocenters. The molecule has 1 aromatic carbocycles. The van der Waals surface area contributed by atoms with Crippen LogP contribution >= 0.6 is 0 Å². The van der Waals surface area contributed by atoms with Gasteiger partial charge in [0, 0.05) is 11.8 Å². The first kappa shape index (κ1) is 22.9. The van der Waals surface area contributed by atoms with Gasteiger partial charge in [-0.2, -0.15) is 4.98 Å². The normalized spacial score (nSPS) is 11.5. The average molecular weight is 426 g/mol. The lowest BCUT2D eigenvalue weighted by molar-refractivity contribution is 0.0618. The van der Waals surface area contributed by atoms with E-state index >= 15 is 0 Å². The van der Waals surface area contributed by atoms with Gasteiger partial charge >= 0.3 is 0 Å². The predicted octanol–water partition coefficient (Wildman–Crippen LogP) is 3.91. The zero-order chi connectivity index (χ0) is 22.5. The van der Waals surface area contributed by atoms with Crippen molar-refractivity contribution in [2.45, 2.75) is 53.6 Å². The highest BCUT2D eigenvalue weighted by Crippen LogP contribution is 2.31. The SMILES string of the molecule is CCc1cc(-c2noc(-c3cc(C)c(CC(C)C)cn3)n2)cc(C)c1OC(CO)CO. The molecular weight excluding hydrogens is 394 g/mol. The van der Waals surface area contributed by atoms with E-state index in [0.29, 0.717) is 29.1 Å². The van der Waals surface area contributed by atoms with Crippen LogP contribution in [-0.2, 0) is 12.8 Å². The molecule has 0 aliphatic carbocycles. The van der Waals surface area contributed by atoms with E-state index < -0.39 is 6.10 Å². The highest BCUT2D eigenvalue weighted by atomic mass is 16.5. The van der Waals surface area contributed by atoms with Crippen molar-refractivity contribution in [2.24, 2.45) is 5.92 Å². The van der Waals surface area contributed by atoms with E-state index in [4.69, 9.17) is 9.26 Å². The first-order valence-corrected chi connectivity index (χ1v) is 10.7. The fourth-order valence-electron chi connectivity index (χ4n) is 3.51. The molecular formula is C24H31N3O4. The van der Waals surface area contributed by atoms with Gasteiger partial charge in [-0.15, -0.1) is 0 Å². The van der Waals surface area contributed by atoms with E-state index in [1.165, 1.54) is 5.56 Å². The zero-order valence-corrected chi connectivity index (χ0v) is 18.8. The van der Waals surface area contributed by atoms with Crippen LogP contribution in [0.15, 0.2) is 28.9 Å². The Bertz CT molecular complexity index is 1030. The second-order valence-corrected chi connectivity index (χ2v) is 8.26. The first-order chi connectivity index (χ1) is 14.9. The number of aromatic nitrogens is 3. The van der Waals surface area contributed by atoms with Crippen LogP contribution in [0.4, 0.5) is 0 Å². The molecule has 3 aromatic rings. The Morgan fingerprint density at radius 1 is 1.03 bits per heavy atom. The maximum Gasteiger partial charge on any atom is 0.276 e. The minimum Gasteiger partial charge on any atom is -0.485 e. The van der Waals surface area contributed by atoms with Gasteiger partial charge in [0.25, 0.3) is 5.89 Å². The van der Waals surface area contributed by atoms with Crippen LogP contribution in [0, 0.1) is 19.8 Å².